The van der Waals surface area contributed by atoms with Crippen LogP contribution in [0.15, 0.2) is 6.07 Å². The summed E-state index contributed by atoms with van der Waals surface area (Å²) in [5.74, 6) is 6.83. The fraction of sp³-hybridized carbons (Fsp3) is 0.571. The van der Waals surface area contributed by atoms with E-state index in [1.165, 1.54) is 4.88 Å². The normalized spacial score (nSPS) is 11.0. The molecule has 2 heterocycles. The van der Waals surface area contributed by atoms with Crippen molar-refractivity contribution in [2.24, 2.45) is 5.84 Å². The average molecular weight is 309 g/mol. The first-order valence-electron chi connectivity index (χ1n) is 7.28. The van der Waals surface area contributed by atoms with E-state index in [2.05, 4.69) is 33.3 Å². The predicted molar refractivity (Wildman–Crippen MR) is 88.8 cm³/mol. The van der Waals surface area contributed by atoms with Crippen LogP contribution in [0.25, 0.3) is 10.2 Å². The van der Waals surface area contributed by atoms with E-state index in [1.54, 1.807) is 11.3 Å². The van der Waals surface area contributed by atoms with E-state index in [1.807, 2.05) is 7.05 Å². The standard InChI is InChI=1S/C14H23N5OS/c1-3-10-9-11-12(19(2)7-5-4-6-8-20)16-14(18-15)17-13(11)21-10/h9,20H,3-8,15H2,1-2H3,(H,16,17,18). The van der Waals surface area contributed by atoms with Gasteiger partial charge in [0.05, 0.1) is 5.39 Å². The van der Waals surface area contributed by atoms with E-state index in [4.69, 9.17) is 10.9 Å². The number of nitrogen functional groups attached to an aromatic ring is 1. The molecule has 116 valence electrons. The minimum atomic E-state index is 0.257. The quantitative estimate of drug-likeness (QED) is 0.393. The lowest BCUT2D eigenvalue weighted by atomic mass is 10.2. The lowest BCUT2D eigenvalue weighted by molar-refractivity contribution is 0.283. The van der Waals surface area contributed by atoms with Gasteiger partial charge < -0.3 is 10.0 Å². The van der Waals surface area contributed by atoms with Crippen molar-refractivity contribution in [1.82, 2.24) is 9.97 Å². The van der Waals surface area contributed by atoms with Crippen molar-refractivity contribution in [2.75, 3.05) is 30.5 Å². The van der Waals surface area contributed by atoms with Gasteiger partial charge in [0.25, 0.3) is 0 Å². The second-order valence-corrected chi connectivity index (χ2v) is 6.12. The molecule has 0 unspecified atom stereocenters. The smallest absolute Gasteiger partial charge is 0.240 e. The average Bonchev–Trinajstić information content (AvgIpc) is 2.93. The van der Waals surface area contributed by atoms with Crippen LogP contribution in [-0.2, 0) is 6.42 Å². The summed E-state index contributed by atoms with van der Waals surface area (Å²) in [5.41, 5.74) is 2.54. The largest absolute Gasteiger partial charge is 0.396 e. The Morgan fingerprint density at radius 2 is 2.14 bits per heavy atom. The maximum absolute atomic E-state index is 8.83. The molecule has 0 atom stereocenters. The molecule has 0 saturated heterocycles. The molecule has 4 N–H and O–H groups in total. The minimum absolute atomic E-state index is 0.257. The second-order valence-electron chi connectivity index (χ2n) is 5.01. The Balaban J connectivity index is 2.25. The molecule has 2 aromatic rings. The summed E-state index contributed by atoms with van der Waals surface area (Å²) in [6, 6.07) is 2.17. The highest BCUT2D eigenvalue weighted by Gasteiger charge is 2.14. The molecule has 0 aliphatic rings. The SMILES string of the molecule is CCc1cc2c(N(C)CCCCCO)nc(NN)nc2s1. The van der Waals surface area contributed by atoms with Gasteiger partial charge >= 0.3 is 0 Å². The van der Waals surface area contributed by atoms with Gasteiger partial charge in [-0.15, -0.1) is 11.3 Å². The summed E-state index contributed by atoms with van der Waals surface area (Å²) in [6.07, 6.45) is 3.88. The molecule has 0 aliphatic heterocycles. The van der Waals surface area contributed by atoms with E-state index in [0.717, 1.165) is 48.3 Å². The Bertz CT molecular complexity index is 586. The van der Waals surface area contributed by atoms with Crippen LogP contribution in [0.4, 0.5) is 11.8 Å². The van der Waals surface area contributed by atoms with Crippen LogP contribution in [0.3, 0.4) is 0 Å². The molecule has 2 rings (SSSR count). The van der Waals surface area contributed by atoms with Crippen molar-refractivity contribution in [2.45, 2.75) is 32.6 Å². The maximum atomic E-state index is 8.83. The molecule has 0 aromatic carbocycles. The molecule has 6 nitrogen and oxygen atoms in total. The van der Waals surface area contributed by atoms with Crippen LogP contribution >= 0.6 is 11.3 Å². The van der Waals surface area contributed by atoms with Gasteiger partial charge in [0, 0.05) is 25.1 Å². The molecule has 0 saturated carbocycles. The summed E-state index contributed by atoms with van der Waals surface area (Å²) in [6.45, 7) is 3.29. The molecular weight excluding hydrogens is 286 g/mol. The lowest BCUT2D eigenvalue weighted by Gasteiger charge is -2.19. The molecule has 2 aromatic heterocycles. The number of hydrazine groups is 1. The molecule has 0 bridgehead atoms. The number of rotatable bonds is 8. The first-order valence-corrected chi connectivity index (χ1v) is 8.10. The van der Waals surface area contributed by atoms with Crippen LogP contribution in [0.5, 0.6) is 0 Å². The molecular formula is C14H23N5OS. The van der Waals surface area contributed by atoms with Gasteiger partial charge in [0.15, 0.2) is 0 Å². The van der Waals surface area contributed by atoms with Crippen LogP contribution in [0.1, 0.15) is 31.1 Å². The van der Waals surface area contributed by atoms with Crippen LogP contribution in [0.2, 0.25) is 0 Å². The van der Waals surface area contributed by atoms with Crippen molar-refractivity contribution in [1.29, 1.82) is 0 Å². The molecule has 0 spiro atoms. The molecule has 0 amide bonds. The third-order valence-electron chi connectivity index (χ3n) is 3.41. The number of nitrogens with one attached hydrogen (secondary N) is 1. The molecule has 0 fully saturated rings. The summed E-state index contributed by atoms with van der Waals surface area (Å²) >= 11 is 1.68. The predicted octanol–water partition coefficient (Wildman–Crippen LogP) is 2.14. The first-order chi connectivity index (χ1) is 10.2. The highest BCUT2D eigenvalue weighted by Crippen LogP contribution is 2.31. The van der Waals surface area contributed by atoms with Gasteiger partial charge in [0.1, 0.15) is 10.6 Å². The number of fused-ring (bicyclic) bond motifs is 1. The number of thiophene rings is 1. The molecule has 21 heavy (non-hydrogen) atoms. The van der Waals surface area contributed by atoms with Crippen LogP contribution in [-0.4, -0.2) is 35.3 Å². The molecule has 7 heteroatoms. The highest BCUT2D eigenvalue weighted by atomic mass is 32.1. The third kappa shape index (κ3) is 3.81. The third-order valence-corrected chi connectivity index (χ3v) is 4.59. The molecule has 0 aliphatic carbocycles. The van der Waals surface area contributed by atoms with E-state index in [-0.39, 0.29) is 6.61 Å². The summed E-state index contributed by atoms with van der Waals surface area (Å²) in [4.78, 5) is 13.3. The Hall–Kier alpha value is -1.44. The maximum Gasteiger partial charge on any atom is 0.240 e. The van der Waals surface area contributed by atoms with Crippen LogP contribution < -0.4 is 16.2 Å². The van der Waals surface area contributed by atoms with Crippen LogP contribution in [0, 0.1) is 0 Å². The van der Waals surface area contributed by atoms with E-state index in [9.17, 15) is 0 Å². The zero-order valence-corrected chi connectivity index (χ0v) is 13.4. The van der Waals surface area contributed by atoms with Gasteiger partial charge in [-0.25, -0.2) is 10.8 Å². The number of hydrogen-bond donors (Lipinski definition) is 3. The molecule has 0 radical (unpaired) electrons. The zero-order chi connectivity index (χ0) is 15.2. The summed E-state index contributed by atoms with van der Waals surface area (Å²) < 4.78 is 0. The van der Waals surface area contributed by atoms with Crippen molar-refractivity contribution < 1.29 is 5.11 Å². The van der Waals surface area contributed by atoms with Gasteiger partial charge in [-0.2, -0.15) is 4.98 Å². The van der Waals surface area contributed by atoms with E-state index < -0.39 is 0 Å². The van der Waals surface area contributed by atoms with E-state index >= 15 is 0 Å². The summed E-state index contributed by atoms with van der Waals surface area (Å²) in [5, 5.41) is 9.92. The monoisotopic (exact) mass is 309 g/mol. The number of hydrogen-bond acceptors (Lipinski definition) is 7. The van der Waals surface area contributed by atoms with Crippen molar-refractivity contribution in [3.05, 3.63) is 10.9 Å². The minimum Gasteiger partial charge on any atom is -0.396 e. The second kappa shape index (κ2) is 7.53. The number of aliphatic hydroxyl groups is 1. The van der Waals surface area contributed by atoms with Crippen molar-refractivity contribution in [3.63, 3.8) is 0 Å². The van der Waals surface area contributed by atoms with E-state index in [0.29, 0.717) is 5.95 Å². The Morgan fingerprint density at radius 3 is 2.81 bits per heavy atom. The number of aliphatic hydroxyl groups excluding tert-OH is 1. The topological polar surface area (TPSA) is 87.3 Å². The fourth-order valence-electron chi connectivity index (χ4n) is 2.23. The number of unbranched alkanes of at least 4 members (excludes halogenated alkanes) is 2. The number of anilines is 2. The van der Waals surface area contributed by atoms with Gasteiger partial charge in [0.2, 0.25) is 5.95 Å². The number of aromatic nitrogens is 2. The summed E-state index contributed by atoms with van der Waals surface area (Å²) in [7, 11) is 2.03. The van der Waals surface area contributed by atoms with Gasteiger partial charge in [-0.05, 0) is 31.7 Å². The Morgan fingerprint density at radius 1 is 1.33 bits per heavy atom. The lowest BCUT2D eigenvalue weighted by Crippen LogP contribution is -2.21. The van der Waals surface area contributed by atoms with Crippen molar-refractivity contribution >= 4 is 33.3 Å². The number of aryl methyl sites for hydroxylation is 1. The number of nitrogens with two attached hydrogens (primary N) is 1. The van der Waals surface area contributed by atoms with Crippen molar-refractivity contribution in [3.8, 4) is 0 Å². The zero-order valence-electron chi connectivity index (χ0n) is 12.6. The number of nitrogens with zero attached hydrogens (tertiary/aromatic N) is 3. The Labute approximate surface area is 129 Å². The van der Waals surface area contributed by atoms with Gasteiger partial charge in [-0.3, -0.25) is 5.43 Å². The fourth-order valence-corrected chi connectivity index (χ4v) is 3.19. The Kier molecular flexibility index (Phi) is 5.72. The van der Waals surface area contributed by atoms with Gasteiger partial charge in [-0.1, -0.05) is 6.92 Å². The first kappa shape index (κ1) is 15.9. The highest BCUT2D eigenvalue weighted by molar-refractivity contribution is 7.18.